The number of quaternary nitrogens is 2. The largest absolute Gasteiger partial charge is 0.550 e. The van der Waals surface area contributed by atoms with Crippen LogP contribution in [0.4, 0.5) is 0 Å². The Labute approximate surface area is 186 Å². The fourth-order valence-corrected chi connectivity index (χ4v) is 3.16. The van der Waals surface area contributed by atoms with Gasteiger partial charge in [-0.25, -0.2) is 0 Å². The lowest BCUT2D eigenvalue weighted by molar-refractivity contribution is -0.307. The molecule has 0 spiro atoms. The molecule has 30 heavy (non-hydrogen) atoms. The SMILES string of the molecule is CCCCCCCCCCCC(=O)[O-].CCCCCCCCCCCC(=O)[O-].[NH4+].[NH4+]. The van der Waals surface area contributed by atoms with Gasteiger partial charge in [-0.1, -0.05) is 117 Å². The standard InChI is InChI=1S/2C12H24O2.2H3N/c2*1-2-3-4-5-6-7-8-9-10-11-12(13)14;;/h2*2-11H2,1H3,(H,13,14);2*1H3. The van der Waals surface area contributed by atoms with Crippen molar-refractivity contribution >= 4 is 11.9 Å². The van der Waals surface area contributed by atoms with Crippen molar-refractivity contribution in [1.29, 1.82) is 0 Å². The molecular weight excluding hydrogens is 380 g/mol. The van der Waals surface area contributed by atoms with Crippen molar-refractivity contribution in [3.63, 3.8) is 0 Å². The van der Waals surface area contributed by atoms with Crippen LogP contribution in [0.15, 0.2) is 0 Å². The summed E-state index contributed by atoms with van der Waals surface area (Å²) in [6.07, 6.45) is 22.3. The van der Waals surface area contributed by atoms with Gasteiger partial charge in [0.15, 0.2) is 0 Å². The van der Waals surface area contributed by atoms with E-state index in [1.165, 1.54) is 89.9 Å². The van der Waals surface area contributed by atoms with E-state index in [4.69, 9.17) is 0 Å². The molecule has 8 N–H and O–H groups in total. The van der Waals surface area contributed by atoms with Gasteiger partial charge in [0, 0.05) is 11.9 Å². The lowest BCUT2D eigenvalue weighted by Gasteiger charge is -2.02. The summed E-state index contributed by atoms with van der Waals surface area (Å²) >= 11 is 0. The highest BCUT2D eigenvalue weighted by Gasteiger charge is 1.93. The molecule has 0 aromatic carbocycles. The zero-order chi connectivity index (χ0) is 21.3. The minimum atomic E-state index is -0.909. The van der Waals surface area contributed by atoms with Gasteiger partial charge in [0.05, 0.1) is 0 Å². The van der Waals surface area contributed by atoms with Crippen molar-refractivity contribution < 1.29 is 19.8 Å². The molecule has 0 unspecified atom stereocenters. The summed E-state index contributed by atoms with van der Waals surface area (Å²) in [6, 6.07) is 0. The Morgan fingerprint density at radius 1 is 0.433 bits per heavy atom. The normalized spacial score (nSPS) is 9.67. The molecule has 0 saturated heterocycles. The van der Waals surface area contributed by atoms with E-state index in [1.807, 2.05) is 0 Å². The van der Waals surface area contributed by atoms with Crippen molar-refractivity contribution in [2.24, 2.45) is 0 Å². The van der Waals surface area contributed by atoms with Gasteiger partial charge in [-0.15, -0.1) is 0 Å². The van der Waals surface area contributed by atoms with Crippen LogP contribution in [0.5, 0.6) is 0 Å². The third-order valence-electron chi connectivity index (χ3n) is 4.97. The Bertz CT molecular complexity index is 307. The number of aliphatic carboxylic acids is 2. The average molecular weight is 435 g/mol. The summed E-state index contributed by atoms with van der Waals surface area (Å²) in [5.74, 6) is -1.82. The predicted octanol–water partition coefficient (Wildman–Crippen LogP) is 6.07. The first-order valence-electron chi connectivity index (χ1n) is 11.9. The van der Waals surface area contributed by atoms with E-state index in [9.17, 15) is 19.8 Å². The number of carboxylic acids is 2. The van der Waals surface area contributed by atoms with Gasteiger partial charge in [0.2, 0.25) is 0 Å². The molecule has 0 aromatic rings. The molecule has 0 radical (unpaired) electrons. The Balaban J connectivity index is -0.000000211. The van der Waals surface area contributed by atoms with Gasteiger partial charge in [-0.2, -0.15) is 0 Å². The number of carboxylic acid groups (broad SMARTS) is 2. The second kappa shape index (κ2) is 32.5. The molecule has 184 valence electrons. The minimum Gasteiger partial charge on any atom is -0.550 e. The number of carbonyl (C=O) groups is 2. The molecule has 0 fully saturated rings. The second-order valence-electron chi connectivity index (χ2n) is 7.90. The van der Waals surface area contributed by atoms with E-state index in [1.54, 1.807) is 0 Å². The first kappa shape index (κ1) is 36.2. The molecule has 6 heteroatoms. The number of carbonyl (C=O) groups excluding carboxylic acids is 2. The van der Waals surface area contributed by atoms with E-state index < -0.39 is 11.9 Å². The maximum Gasteiger partial charge on any atom is 0.0414 e. The summed E-state index contributed by atoms with van der Waals surface area (Å²) in [5, 5.41) is 20.2. The second-order valence-corrected chi connectivity index (χ2v) is 7.90. The quantitative estimate of drug-likeness (QED) is 0.223. The predicted molar refractivity (Wildman–Crippen MR) is 126 cm³/mol. The van der Waals surface area contributed by atoms with Gasteiger partial charge in [0.1, 0.15) is 0 Å². The summed E-state index contributed by atoms with van der Waals surface area (Å²) in [4.78, 5) is 20.2. The van der Waals surface area contributed by atoms with E-state index in [2.05, 4.69) is 13.8 Å². The van der Waals surface area contributed by atoms with Crippen molar-refractivity contribution in [3.05, 3.63) is 0 Å². The van der Waals surface area contributed by atoms with Crippen molar-refractivity contribution in [3.8, 4) is 0 Å². The van der Waals surface area contributed by atoms with E-state index in [0.717, 1.165) is 25.7 Å². The molecule has 0 atom stereocenters. The van der Waals surface area contributed by atoms with Crippen LogP contribution in [0.1, 0.15) is 142 Å². The van der Waals surface area contributed by atoms with Crippen LogP contribution >= 0.6 is 0 Å². The fraction of sp³-hybridized carbons (Fsp3) is 0.917. The number of rotatable bonds is 20. The summed E-state index contributed by atoms with van der Waals surface area (Å²) < 4.78 is 0. The molecule has 0 heterocycles. The van der Waals surface area contributed by atoms with E-state index in [-0.39, 0.29) is 25.1 Å². The molecule has 0 saturated carbocycles. The van der Waals surface area contributed by atoms with Gasteiger partial charge < -0.3 is 32.1 Å². The van der Waals surface area contributed by atoms with Crippen molar-refractivity contribution in [1.82, 2.24) is 12.3 Å². The maximum absolute atomic E-state index is 10.1. The van der Waals surface area contributed by atoms with Crippen LogP contribution in [0.25, 0.3) is 0 Å². The number of unbranched alkanes of at least 4 members (excludes halogenated alkanes) is 16. The van der Waals surface area contributed by atoms with Gasteiger partial charge in [-0.3, -0.25) is 0 Å². The highest BCUT2D eigenvalue weighted by atomic mass is 16.4. The van der Waals surface area contributed by atoms with Crippen LogP contribution in [-0.4, -0.2) is 11.9 Å². The first-order valence-corrected chi connectivity index (χ1v) is 11.9. The summed E-state index contributed by atoms with van der Waals surface area (Å²) in [5.41, 5.74) is 0. The van der Waals surface area contributed by atoms with Gasteiger partial charge in [-0.05, 0) is 25.7 Å². The zero-order valence-corrected chi connectivity index (χ0v) is 20.8. The zero-order valence-electron chi connectivity index (χ0n) is 20.8. The third kappa shape index (κ3) is 41.3. The molecular formula is C24H54N2O4. The molecule has 0 rings (SSSR count). The van der Waals surface area contributed by atoms with Crippen molar-refractivity contribution in [2.75, 3.05) is 0 Å². The third-order valence-corrected chi connectivity index (χ3v) is 4.97. The Morgan fingerprint density at radius 2 is 0.633 bits per heavy atom. The Hall–Kier alpha value is -1.14. The molecule has 0 aromatic heterocycles. The minimum absolute atomic E-state index is 0. The Kier molecular flexibility index (Phi) is 39.3. The van der Waals surface area contributed by atoms with E-state index >= 15 is 0 Å². The lowest BCUT2D eigenvalue weighted by Crippen LogP contribution is -2.21. The monoisotopic (exact) mass is 434 g/mol. The molecule has 0 bridgehead atoms. The Morgan fingerprint density at radius 3 is 0.833 bits per heavy atom. The van der Waals surface area contributed by atoms with Crippen LogP contribution in [-0.2, 0) is 9.59 Å². The smallest absolute Gasteiger partial charge is 0.0414 e. The molecule has 0 aliphatic rings. The first-order chi connectivity index (χ1) is 13.5. The summed E-state index contributed by atoms with van der Waals surface area (Å²) in [7, 11) is 0. The molecule has 0 amide bonds. The average Bonchev–Trinajstić information content (AvgIpc) is 2.65. The molecule has 0 aliphatic carbocycles. The molecule has 6 nitrogen and oxygen atoms in total. The highest BCUT2D eigenvalue weighted by Crippen LogP contribution is 2.11. The number of hydrogen-bond acceptors (Lipinski definition) is 4. The van der Waals surface area contributed by atoms with Crippen molar-refractivity contribution in [2.45, 2.75) is 142 Å². The topological polar surface area (TPSA) is 153 Å². The number of hydrogen-bond donors (Lipinski definition) is 2. The van der Waals surface area contributed by atoms with Crippen LogP contribution in [0, 0.1) is 0 Å². The fourth-order valence-electron chi connectivity index (χ4n) is 3.16. The van der Waals surface area contributed by atoms with Crippen LogP contribution < -0.4 is 22.5 Å². The lowest BCUT2D eigenvalue weighted by atomic mass is 10.1. The maximum atomic E-state index is 10.1. The molecule has 0 aliphatic heterocycles. The highest BCUT2D eigenvalue weighted by molar-refractivity contribution is 5.64. The summed E-state index contributed by atoms with van der Waals surface area (Å²) in [6.45, 7) is 4.44. The van der Waals surface area contributed by atoms with Gasteiger partial charge in [0.25, 0.3) is 0 Å². The van der Waals surface area contributed by atoms with Crippen LogP contribution in [0.3, 0.4) is 0 Å². The van der Waals surface area contributed by atoms with Crippen LogP contribution in [0.2, 0.25) is 0 Å². The van der Waals surface area contributed by atoms with Gasteiger partial charge >= 0.3 is 0 Å². The van der Waals surface area contributed by atoms with E-state index in [0.29, 0.717) is 0 Å².